The van der Waals surface area contributed by atoms with Crippen molar-refractivity contribution in [1.82, 2.24) is 19.9 Å². The zero-order valence-corrected chi connectivity index (χ0v) is 12.6. The molecule has 3 aromatic rings. The smallest absolute Gasteiger partial charge is 0.268 e. The highest BCUT2D eigenvalue weighted by molar-refractivity contribution is 5.99. The summed E-state index contributed by atoms with van der Waals surface area (Å²) in [6.07, 6.45) is 5.33. The summed E-state index contributed by atoms with van der Waals surface area (Å²) in [5.74, 6) is -0.584. The van der Waals surface area contributed by atoms with Gasteiger partial charge in [-0.1, -0.05) is 0 Å². The first kappa shape index (κ1) is 15.5. The van der Waals surface area contributed by atoms with Gasteiger partial charge in [0.15, 0.2) is 5.75 Å². The van der Waals surface area contributed by atoms with Gasteiger partial charge in [-0.2, -0.15) is 0 Å². The molecule has 1 amide bonds. The Balaban J connectivity index is 2.19. The molecule has 7 nitrogen and oxygen atoms in total. The van der Waals surface area contributed by atoms with Crippen molar-refractivity contribution in [3.05, 3.63) is 60.3 Å². The zero-order chi connectivity index (χ0) is 17.1. The number of ether oxygens (including phenoxy) is 1. The van der Waals surface area contributed by atoms with Gasteiger partial charge < -0.3 is 10.5 Å². The Morgan fingerprint density at radius 1 is 1.21 bits per heavy atom. The summed E-state index contributed by atoms with van der Waals surface area (Å²) in [6.45, 7) is 1.70. The average molecular weight is 325 g/mol. The molecule has 0 fully saturated rings. The third-order valence-corrected chi connectivity index (χ3v) is 3.09. The molecule has 0 aliphatic heterocycles. The maximum atomic E-state index is 13.2. The van der Waals surface area contributed by atoms with Crippen molar-refractivity contribution in [2.75, 3.05) is 0 Å². The lowest BCUT2D eigenvalue weighted by Crippen LogP contribution is -2.16. The monoisotopic (exact) mass is 325 g/mol. The highest BCUT2D eigenvalue weighted by atomic mass is 19.1. The van der Waals surface area contributed by atoms with Gasteiger partial charge in [-0.05, 0) is 19.1 Å². The van der Waals surface area contributed by atoms with Crippen LogP contribution in [0.2, 0.25) is 0 Å². The molecule has 0 aliphatic carbocycles. The van der Waals surface area contributed by atoms with Crippen LogP contribution in [0.25, 0.3) is 11.3 Å². The minimum atomic E-state index is -0.742. The summed E-state index contributed by atoms with van der Waals surface area (Å²) >= 11 is 0. The van der Waals surface area contributed by atoms with Gasteiger partial charge >= 0.3 is 0 Å². The second-order valence-corrected chi connectivity index (χ2v) is 4.89. The number of amides is 1. The van der Waals surface area contributed by atoms with Crippen LogP contribution in [0.3, 0.4) is 0 Å². The molecule has 3 aromatic heterocycles. The predicted molar refractivity (Wildman–Crippen MR) is 82.8 cm³/mol. The molecule has 0 spiro atoms. The number of carbonyl (C=O) groups excluding carboxylic acids is 1. The number of halogens is 1. The van der Waals surface area contributed by atoms with E-state index in [1.165, 1.54) is 30.9 Å². The second kappa shape index (κ2) is 6.37. The molecule has 120 valence electrons. The average Bonchev–Trinajstić information content (AvgIpc) is 2.56. The molecule has 0 aliphatic rings. The summed E-state index contributed by atoms with van der Waals surface area (Å²) < 4.78 is 18.9. The van der Waals surface area contributed by atoms with E-state index in [1.807, 2.05) is 0 Å². The third kappa shape index (κ3) is 3.17. The van der Waals surface area contributed by atoms with Gasteiger partial charge in [-0.25, -0.2) is 19.3 Å². The zero-order valence-electron chi connectivity index (χ0n) is 12.6. The van der Waals surface area contributed by atoms with Crippen LogP contribution in [0.4, 0.5) is 4.39 Å². The summed E-state index contributed by atoms with van der Waals surface area (Å²) in [5, 5.41) is 0. The Kier molecular flexibility index (Phi) is 4.11. The van der Waals surface area contributed by atoms with Gasteiger partial charge in [0.25, 0.3) is 5.91 Å². The first-order valence-corrected chi connectivity index (χ1v) is 6.91. The number of aromatic nitrogens is 4. The lowest BCUT2D eigenvalue weighted by Gasteiger charge is -2.14. The topological polar surface area (TPSA) is 104 Å². The highest BCUT2D eigenvalue weighted by Crippen LogP contribution is 2.34. The van der Waals surface area contributed by atoms with E-state index in [0.29, 0.717) is 22.9 Å². The van der Waals surface area contributed by atoms with Crippen molar-refractivity contribution < 1.29 is 13.9 Å². The molecule has 0 radical (unpaired) electrons. The highest BCUT2D eigenvalue weighted by Gasteiger charge is 2.20. The quantitative estimate of drug-likeness (QED) is 0.789. The lowest BCUT2D eigenvalue weighted by molar-refractivity contribution is 0.0995. The van der Waals surface area contributed by atoms with E-state index < -0.39 is 11.7 Å². The van der Waals surface area contributed by atoms with E-state index in [-0.39, 0.29) is 11.3 Å². The van der Waals surface area contributed by atoms with Crippen molar-refractivity contribution in [2.24, 2.45) is 5.73 Å². The summed E-state index contributed by atoms with van der Waals surface area (Å²) in [7, 11) is 0. The van der Waals surface area contributed by atoms with E-state index >= 15 is 0 Å². The van der Waals surface area contributed by atoms with Gasteiger partial charge in [0.1, 0.15) is 23.6 Å². The summed E-state index contributed by atoms with van der Waals surface area (Å²) in [6, 6.07) is 4.27. The van der Waals surface area contributed by atoms with Crippen molar-refractivity contribution in [3.63, 3.8) is 0 Å². The van der Waals surface area contributed by atoms with Crippen LogP contribution in [-0.2, 0) is 0 Å². The maximum absolute atomic E-state index is 13.2. The van der Waals surface area contributed by atoms with Crippen molar-refractivity contribution >= 4 is 5.91 Å². The number of nitrogens with zero attached hydrogens (tertiary/aromatic N) is 4. The first-order valence-electron chi connectivity index (χ1n) is 6.91. The van der Waals surface area contributed by atoms with Gasteiger partial charge in [0, 0.05) is 11.8 Å². The third-order valence-electron chi connectivity index (χ3n) is 3.09. The van der Waals surface area contributed by atoms with E-state index in [0.717, 1.165) is 6.20 Å². The number of nitrogens with two attached hydrogens (primary N) is 1. The van der Waals surface area contributed by atoms with Crippen LogP contribution in [0.1, 0.15) is 16.2 Å². The van der Waals surface area contributed by atoms with Crippen LogP contribution in [-0.4, -0.2) is 25.8 Å². The summed E-state index contributed by atoms with van der Waals surface area (Å²) in [5.41, 5.74) is 6.53. The normalized spacial score (nSPS) is 10.4. The Bertz CT molecular complexity index is 885. The van der Waals surface area contributed by atoms with Gasteiger partial charge in [0.2, 0.25) is 0 Å². The van der Waals surface area contributed by atoms with Crippen molar-refractivity contribution in [1.29, 1.82) is 0 Å². The minimum Gasteiger partial charge on any atom is -0.453 e. The van der Waals surface area contributed by atoms with E-state index in [9.17, 15) is 9.18 Å². The largest absolute Gasteiger partial charge is 0.453 e. The first-order chi connectivity index (χ1) is 11.5. The van der Waals surface area contributed by atoms with Crippen LogP contribution >= 0.6 is 0 Å². The fourth-order valence-corrected chi connectivity index (χ4v) is 2.14. The molecule has 0 saturated heterocycles. The molecule has 3 heterocycles. The molecule has 0 bridgehead atoms. The molecule has 0 atom stereocenters. The number of hydrogen-bond acceptors (Lipinski definition) is 6. The molecular weight excluding hydrogens is 313 g/mol. The number of hydrogen-bond donors (Lipinski definition) is 1. The number of carbonyl (C=O) groups is 1. The Hall–Kier alpha value is -3.42. The number of rotatable bonds is 4. The van der Waals surface area contributed by atoms with E-state index in [1.54, 1.807) is 13.0 Å². The SMILES string of the molecule is Cc1cc(Oc2cncnc2)c(-c2ccc(F)cn2)c(C(N)=O)n1. The number of pyridine rings is 2. The molecule has 24 heavy (non-hydrogen) atoms. The molecule has 2 N–H and O–H groups in total. The number of primary amides is 1. The Labute approximate surface area is 136 Å². The Morgan fingerprint density at radius 2 is 1.96 bits per heavy atom. The van der Waals surface area contributed by atoms with Crippen LogP contribution in [0, 0.1) is 12.7 Å². The molecular formula is C16H12FN5O2. The minimum absolute atomic E-state index is 0.0130. The molecule has 3 rings (SSSR count). The van der Waals surface area contributed by atoms with Crippen molar-refractivity contribution in [2.45, 2.75) is 6.92 Å². The Morgan fingerprint density at radius 3 is 2.58 bits per heavy atom. The maximum Gasteiger partial charge on any atom is 0.268 e. The van der Waals surface area contributed by atoms with Gasteiger partial charge in [-0.15, -0.1) is 0 Å². The number of aryl methyl sites for hydroxylation is 1. The molecule has 0 saturated carbocycles. The van der Waals surface area contributed by atoms with Gasteiger partial charge in [-0.3, -0.25) is 9.78 Å². The predicted octanol–water partition coefficient (Wildman–Crippen LogP) is 2.27. The molecule has 8 heteroatoms. The van der Waals surface area contributed by atoms with E-state index in [4.69, 9.17) is 10.5 Å². The van der Waals surface area contributed by atoms with Crippen molar-refractivity contribution in [3.8, 4) is 22.8 Å². The molecule has 0 unspecified atom stereocenters. The van der Waals surface area contributed by atoms with Crippen LogP contribution < -0.4 is 10.5 Å². The van der Waals surface area contributed by atoms with Crippen LogP contribution in [0.15, 0.2) is 43.1 Å². The van der Waals surface area contributed by atoms with Crippen LogP contribution in [0.5, 0.6) is 11.5 Å². The lowest BCUT2D eigenvalue weighted by atomic mass is 10.1. The molecule has 0 aromatic carbocycles. The van der Waals surface area contributed by atoms with E-state index in [2.05, 4.69) is 19.9 Å². The fraction of sp³-hybridized carbons (Fsp3) is 0.0625. The fourth-order valence-electron chi connectivity index (χ4n) is 2.14. The second-order valence-electron chi connectivity index (χ2n) is 4.89. The van der Waals surface area contributed by atoms with Gasteiger partial charge in [0.05, 0.1) is 29.8 Å². The standard InChI is InChI=1S/C16H12FN5O2/c1-9-4-13(24-11-6-19-8-20-7-11)14(15(22-9)16(18)23)12-3-2-10(17)5-21-12/h2-8H,1H3,(H2,18,23). The summed E-state index contributed by atoms with van der Waals surface area (Å²) in [4.78, 5) is 27.7.